The van der Waals surface area contributed by atoms with Crippen LogP contribution in [0.4, 0.5) is 10.7 Å². The fourth-order valence-electron chi connectivity index (χ4n) is 4.21. The van der Waals surface area contributed by atoms with Crippen LogP contribution in [0.3, 0.4) is 0 Å². The number of hydrogen-bond acceptors (Lipinski definition) is 8. The number of sulfonamides is 1. The first-order valence-electron chi connectivity index (χ1n) is 11.0. The van der Waals surface area contributed by atoms with Gasteiger partial charge in [0, 0.05) is 38.1 Å². The lowest BCUT2D eigenvalue weighted by atomic mass is 9.97. The average Bonchev–Trinajstić information content (AvgIpc) is 3.56. The Kier molecular flexibility index (Phi) is 6.92. The molecule has 3 aliphatic rings. The first-order valence-corrected chi connectivity index (χ1v) is 12.9. The highest BCUT2D eigenvalue weighted by atomic mass is 32.2. The van der Waals surface area contributed by atoms with E-state index in [9.17, 15) is 13.2 Å². The zero-order valence-corrected chi connectivity index (χ0v) is 18.7. The molecule has 2 saturated heterocycles. The summed E-state index contributed by atoms with van der Waals surface area (Å²) in [6.45, 7) is 2.40. The maximum Gasteiger partial charge on any atom is 0.410 e. The summed E-state index contributed by atoms with van der Waals surface area (Å²) in [5, 5.41) is 0. The molecule has 4 rings (SSSR count). The van der Waals surface area contributed by atoms with Gasteiger partial charge >= 0.3 is 6.09 Å². The van der Waals surface area contributed by atoms with Crippen LogP contribution in [0.25, 0.3) is 0 Å². The Morgan fingerprint density at radius 1 is 1.10 bits per heavy atom. The number of aromatic nitrogens is 2. The third-order valence-electron chi connectivity index (χ3n) is 5.95. The molecule has 1 aliphatic carbocycles. The Hall–Kier alpha value is -1.98. The van der Waals surface area contributed by atoms with E-state index in [4.69, 9.17) is 9.47 Å². The highest BCUT2D eigenvalue weighted by Crippen LogP contribution is 2.27. The number of carbonyl (C=O) groups excluding carboxylic acids is 1. The molecule has 3 fully saturated rings. The van der Waals surface area contributed by atoms with Crippen LogP contribution in [0.2, 0.25) is 0 Å². The van der Waals surface area contributed by atoms with E-state index < -0.39 is 10.0 Å². The van der Waals surface area contributed by atoms with E-state index >= 15 is 0 Å². The average molecular weight is 454 g/mol. The highest BCUT2D eigenvalue weighted by molar-refractivity contribution is 7.88. The molecular formula is C20H31N5O5S. The molecule has 0 spiro atoms. The number of amides is 1. The van der Waals surface area contributed by atoms with E-state index in [0.717, 1.165) is 57.4 Å². The minimum atomic E-state index is -3.40. The Morgan fingerprint density at radius 3 is 2.45 bits per heavy atom. The standard InChI is InChI=1S/C20H31N5O5S/c1-31(27,28)23-17-4-2-11-25(20(26)30-16-5-6-16)18(17)14-29-15-7-12-24(13-8-15)19-21-9-3-10-22-19/h3,9-10,15-18,23H,2,4-8,11-14H2,1H3. The maximum absolute atomic E-state index is 12.7. The maximum atomic E-state index is 12.7. The highest BCUT2D eigenvalue weighted by Gasteiger charge is 2.39. The van der Waals surface area contributed by atoms with E-state index in [2.05, 4.69) is 19.6 Å². The number of nitrogens with one attached hydrogen (secondary N) is 1. The normalized spacial score (nSPS) is 25.5. The predicted molar refractivity (Wildman–Crippen MR) is 114 cm³/mol. The van der Waals surface area contributed by atoms with Crippen molar-refractivity contribution in [2.24, 2.45) is 0 Å². The summed E-state index contributed by atoms with van der Waals surface area (Å²) in [5.74, 6) is 0.722. The summed E-state index contributed by atoms with van der Waals surface area (Å²) in [6.07, 6.45) is 9.12. The SMILES string of the molecule is CS(=O)(=O)NC1CCCN(C(=O)OC2CC2)C1COC1CCN(c2ncccn2)CC1. The second-order valence-corrected chi connectivity index (χ2v) is 10.3. The van der Waals surface area contributed by atoms with Crippen LogP contribution in [0.5, 0.6) is 0 Å². The molecule has 1 amide bonds. The van der Waals surface area contributed by atoms with Gasteiger partial charge in [-0.1, -0.05) is 0 Å². The topological polar surface area (TPSA) is 114 Å². The fraction of sp³-hybridized carbons (Fsp3) is 0.750. The molecule has 172 valence electrons. The molecule has 0 aromatic carbocycles. The Morgan fingerprint density at radius 2 is 1.81 bits per heavy atom. The number of anilines is 1. The number of ether oxygens (including phenoxy) is 2. The van der Waals surface area contributed by atoms with Gasteiger partial charge in [0.15, 0.2) is 0 Å². The second-order valence-electron chi connectivity index (χ2n) is 8.55. The van der Waals surface area contributed by atoms with Gasteiger partial charge in [0.05, 0.1) is 25.0 Å². The Labute approximate surface area is 183 Å². The molecule has 2 aliphatic heterocycles. The molecule has 2 atom stereocenters. The van der Waals surface area contributed by atoms with Crippen molar-refractivity contribution >= 4 is 22.1 Å². The van der Waals surface area contributed by atoms with Crippen molar-refractivity contribution in [1.29, 1.82) is 0 Å². The summed E-state index contributed by atoms with van der Waals surface area (Å²) in [4.78, 5) is 25.1. The van der Waals surface area contributed by atoms with Gasteiger partial charge < -0.3 is 19.3 Å². The quantitative estimate of drug-likeness (QED) is 0.654. The minimum absolute atomic E-state index is 0.00171. The van der Waals surface area contributed by atoms with Crippen molar-refractivity contribution in [3.05, 3.63) is 18.5 Å². The summed E-state index contributed by atoms with van der Waals surface area (Å²) >= 11 is 0. The van der Waals surface area contributed by atoms with Crippen molar-refractivity contribution in [1.82, 2.24) is 19.6 Å². The van der Waals surface area contributed by atoms with E-state index in [0.29, 0.717) is 13.0 Å². The van der Waals surface area contributed by atoms with Crippen LogP contribution in [0, 0.1) is 0 Å². The lowest BCUT2D eigenvalue weighted by molar-refractivity contribution is -0.0214. The van der Waals surface area contributed by atoms with Crippen molar-refractivity contribution < 1.29 is 22.7 Å². The van der Waals surface area contributed by atoms with Crippen molar-refractivity contribution in [2.45, 2.75) is 62.8 Å². The number of likely N-dealkylation sites (tertiary alicyclic amines) is 1. The van der Waals surface area contributed by atoms with Gasteiger partial charge in [0.2, 0.25) is 16.0 Å². The van der Waals surface area contributed by atoms with Crippen LogP contribution in [-0.4, -0.2) is 86.2 Å². The first-order chi connectivity index (χ1) is 14.9. The van der Waals surface area contributed by atoms with Crippen molar-refractivity contribution in [3.8, 4) is 0 Å². The number of nitrogens with zero attached hydrogens (tertiary/aromatic N) is 4. The molecule has 1 N–H and O–H groups in total. The monoisotopic (exact) mass is 453 g/mol. The number of carbonyl (C=O) groups is 1. The molecule has 10 nitrogen and oxygen atoms in total. The van der Waals surface area contributed by atoms with E-state index in [1.165, 1.54) is 0 Å². The largest absolute Gasteiger partial charge is 0.446 e. The molecule has 1 aromatic rings. The summed E-state index contributed by atoms with van der Waals surface area (Å²) in [5.41, 5.74) is 0. The van der Waals surface area contributed by atoms with E-state index in [-0.39, 0.29) is 37.0 Å². The van der Waals surface area contributed by atoms with Crippen LogP contribution in [0.1, 0.15) is 38.5 Å². The zero-order valence-electron chi connectivity index (χ0n) is 17.9. The molecular weight excluding hydrogens is 422 g/mol. The zero-order chi connectivity index (χ0) is 21.8. The predicted octanol–water partition coefficient (Wildman–Crippen LogP) is 1.14. The second kappa shape index (κ2) is 9.66. The summed E-state index contributed by atoms with van der Waals surface area (Å²) in [6, 6.07) is 1.03. The van der Waals surface area contributed by atoms with Gasteiger partial charge in [0.1, 0.15) is 6.10 Å². The van der Waals surface area contributed by atoms with Gasteiger partial charge in [-0.25, -0.2) is 27.9 Å². The Bertz CT molecular complexity index is 843. The Balaban J connectivity index is 1.35. The van der Waals surface area contributed by atoms with Gasteiger partial charge in [-0.05, 0) is 44.6 Å². The molecule has 3 heterocycles. The number of rotatable bonds is 7. The van der Waals surface area contributed by atoms with Gasteiger partial charge in [-0.3, -0.25) is 0 Å². The van der Waals surface area contributed by atoms with Crippen LogP contribution < -0.4 is 9.62 Å². The van der Waals surface area contributed by atoms with E-state index in [1.54, 1.807) is 23.4 Å². The van der Waals surface area contributed by atoms with Crippen LogP contribution in [0.15, 0.2) is 18.5 Å². The molecule has 0 bridgehead atoms. The summed E-state index contributed by atoms with van der Waals surface area (Å²) in [7, 11) is -3.40. The summed E-state index contributed by atoms with van der Waals surface area (Å²) < 4.78 is 38.2. The fourth-order valence-corrected chi connectivity index (χ4v) is 5.03. The molecule has 1 saturated carbocycles. The minimum Gasteiger partial charge on any atom is -0.446 e. The van der Waals surface area contributed by atoms with Gasteiger partial charge in [-0.15, -0.1) is 0 Å². The molecule has 2 unspecified atom stereocenters. The third-order valence-corrected chi connectivity index (χ3v) is 6.68. The number of hydrogen-bond donors (Lipinski definition) is 1. The lowest BCUT2D eigenvalue weighted by Crippen LogP contribution is -2.59. The van der Waals surface area contributed by atoms with Crippen LogP contribution >= 0.6 is 0 Å². The molecule has 31 heavy (non-hydrogen) atoms. The van der Waals surface area contributed by atoms with E-state index in [1.807, 2.05) is 0 Å². The van der Waals surface area contributed by atoms with Crippen LogP contribution in [-0.2, 0) is 19.5 Å². The molecule has 11 heteroatoms. The van der Waals surface area contributed by atoms with Crippen molar-refractivity contribution in [2.75, 3.05) is 37.4 Å². The smallest absolute Gasteiger partial charge is 0.410 e. The number of piperidine rings is 2. The molecule has 0 radical (unpaired) electrons. The lowest BCUT2D eigenvalue weighted by Gasteiger charge is -2.41. The van der Waals surface area contributed by atoms with Gasteiger partial charge in [-0.2, -0.15) is 0 Å². The van der Waals surface area contributed by atoms with Gasteiger partial charge in [0.25, 0.3) is 0 Å². The third kappa shape index (κ3) is 6.27. The first kappa shape index (κ1) is 22.2. The molecule has 1 aromatic heterocycles. The van der Waals surface area contributed by atoms with Crippen molar-refractivity contribution in [3.63, 3.8) is 0 Å².